The molecule has 1 aromatic rings. The molecule has 9 heteroatoms. The monoisotopic (exact) mass is 413 g/mol. The van der Waals surface area contributed by atoms with E-state index in [0.29, 0.717) is 11.3 Å². The second kappa shape index (κ2) is 6.88. The number of hydrogen-bond donors (Lipinski definition) is 0. The minimum Gasteiger partial charge on any atom is -0.422 e. The Kier molecular flexibility index (Phi) is 4.58. The fraction of sp³-hybridized carbons (Fsp3) is 0.381. The van der Waals surface area contributed by atoms with E-state index in [0.717, 1.165) is 18.7 Å². The summed E-state index contributed by atoms with van der Waals surface area (Å²) in [4.78, 5) is 62.2. The van der Waals surface area contributed by atoms with Gasteiger partial charge in [0.25, 0.3) is 6.29 Å². The predicted octanol–water partition coefficient (Wildman–Crippen LogP) is 1.15. The van der Waals surface area contributed by atoms with Crippen molar-refractivity contribution in [3.63, 3.8) is 0 Å². The van der Waals surface area contributed by atoms with E-state index in [4.69, 9.17) is 14.2 Å². The Morgan fingerprint density at radius 2 is 1.60 bits per heavy atom. The first-order chi connectivity index (χ1) is 14.2. The van der Waals surface area contributed by atoms with Gasteiger partial charge in [-0.1, -0.05) is 6.08 Å². The number of carbonyl (C=O) groups is 5. The Labute approximate surface area is 171 Å². The average molecular weight is 413 g/mol. The zero-order chi connectivity index (χ0) is 21.8. The van der Waals surface area contributed by atoms with Crippen LogP contribution in [-0.2, 0) is 33.4 Å². The number of Topliss-reactive ketones (excluding diaryl/α,β-unsaturated/α-hetero) is 1. The van der Waals surface area contributed by atoms with Crippen molar-refractivity contribution in [3.8, 4) is 0 Å². The van der Waals surface area contributed by atoms with Crippen LogP contribution in [0.15, 0.2) is 36.4 Å². The summed E-state index contributed by atoms with van der Waals surface area (Å²) in [6.07, 6.45) is 0.888. The first-order valence-corrected chi connectivity index (χ1v) is 9.36. The zero-order valence-corrected chi connectivity index (χ0v) is 16.5. The molecule has 2 saturated heterocycles. The van der Waals surface area contributed by atoms with Crippen LogP contribution in [0.1, 0.15) is 31.1 Å². The van der Waals surface area contributed by atoms with Crippen LogP contribution in [0, 0.1) is 11.8 Å². The smallest absolute Gasteiger partial charge is 0.305 e. The molecule has 4 rings (SSSR count). The van der Waals surface area contributed by atoms with Gasteiger partial charge in [0.15, 0.2) is 11.4 Å². The van der Waals surface area contributed by atoms with E-state index in [-0.39, 0.29) is 5.78 Å². The van der Waals surface area contributed by atoms with Crippen LogP contribution in [0.2, 0.25) is 0 Å². The maximum atomic E-state index is 13.3. The van der Waals surface area contributed by atoms with Crippen molar-refractivity contribution in [1.29, 1.82) is 0 Å². The SMILES string of the molecule is CC(=O)OC(OC(C)=O)[C@]12C=C[C@@H](O1)[C@H]1C(=O)N(c3ccc(C(C)=O)cc3)C(=O)[C@H]12. The number of amides is 2. The molecule has 0 N–H and O–H groups in total. The summed E-state index contributed by atoms with van der Waals surface area (Å²) < 4.78 is 16.2. The molecule has 30 heavy (non-hydrogen) atoms. The second-order valence-corrected chi connectivity index (χ2v) is 7.46. The summed E-state index contributed by atoms with van der Waals surface area (Å²) >= 11 is 0. The molecule has 0 unspecified atom stereocenters. The molecule has 9 nitrogen and oxygen atoms in total. The molecular weight excluding hydrogens is 394 g/mol. The standard InChI is InChI=1S/C21H19NO8/c1-10(23)13-4-6-14(7-5-13)22-18(26)16-15-8-9-21(30-15,17(16)19(22)27)20(28-11(2)24)29-12(3)25/h4-9,15-17,20H,1-3H3/t15-,16-,17+,21-/m1/s1. The van der Waals surface area contributed by atoms with Crippen LogP contribution in [0.3, 0.4) is 0 Å². The fourth-order valence-corrected chi connectivity index (χ4v) is 4.32. The number of benzene rings is 1. The highest BCUT2D eigenvalue weighted by molar-refractivity contribution is 6.23. The number of rotatable bonds is 5. The summed E-state index contributed by atoms with van der Waals surface area (Å²) in [6.45, 7) is 3.70. The number of ketones is 1. The van der Waals surface area contributed by atoms with Crippen LogP contribution in [-0.4, -0.2) is 47.5 Å². The van der Waals surface area contributed by atoms with Gasteiger partial charge in [-0.05, 0) is 37.3 Å². The van der Waals surface area contributed by atoms with Gasteiger partial charge >= 0.3 is 11.9 Å². The molecule has 0 aromatic heterocycles. The number of anilines is 1. The van der Waals surface area contributed by atoms with Crippen molar-refractivity contribution in [1.82, 2.24) is 0 Å². The third kappa shape index (κ3) is 2.85. The predicted molar refractivity (Wildman–Crippen MR) is 100.0 cm³/mol. The van der Waals surface area contributed by atoms with Crippen molar-refractivity contribution in [3.05, 3.63) is 42.0 Å². The summed E-state index contributed by atoms with van der Waals surface area (Å²) in [5.74, 6) is -4.50. The first kappa shape index (κ1) is 20.0. The number of nitrogens with zero attached hydrogens (tertiary/aromatic N) is 1. The minimum atomic E-state index is -1.59. The minimum absolute atomic E-state index is 0.141. The Balaban J connectivity index is 1.71. The van der Waals surface area contributed by atoms with Gasteiger partial charge < -0.3 is 14.2 Å². The molecule has 1 aromatic carbocycles. The molecule has 4 atom stereocenters. The molecule has 3 aliphatic rings. The van der Waals surface area contributed by atoms with Crippen LogP contribution >= 0.6 is 0 Å². The lowest BCUT2D eigenvalue weighted by molar-refractivity contribution is -0.226. The highest BCUT2D eigenvalue weighted by atomic mass is 16.7. The number of hydrogen-bond acceptors (Lipinski definition) is 8. The van der Waals surface area contributed by atoms with Crippen molar-refractivity contribution in [2.45, 2.75) is 38.8 Å². The molecule has 0 saturated carbocycles. The zero-order valence-electron chi connectivity index (χ0n) is 16.5. The van der Waals surface area contributed by atoms with Gasteiger partial charge in [-0.3, -0.25) is 24.0 Å². The van der Waals surface area contributed by atoms with Gasteiger partial charge in [0.1, 0.15) is 0 Å². The third-order valence-corrected chi connectivity index (χ3v) is 5.52. The van der Waals surface area contributed by atoms with Crippen LogP contribution in [0.25, 0.3) is 0 Å². The van der Waals surface area contributed by atoms with Crippen molar-refractivity contribution in [2.24, 2.45) is 11.8 Å². The highest BCUT2D eigenvalue weighted by Crippen LogP contribution is 2.54. The quantitative estimate of drug-likeness (QED) is 0.232. The molecule has 3 aliphatic heterocycles. The van der Waals surface area contributed by atoms with E-state index >= 15 is 0 Å². The molecular formula is C21H19NO8. The molecule has 3 heterocycles. The van der Waals surface area contributed by atoms with E-state index in [9.17, 15) is 24.0 Å². The topological polar surface area (TPSA) is 116 Å². The van der Waals surface area contributed by atoms with Crippen LogP contribution in [0.5, 0.6) is 0 Å². The largest absolute Gasteiger partial charge is 0.422 e. The fourth-order valence-electron chi connectivity index (χ4n) is 4.32. The number of imide groups is 1. The molecule has 0 spiro atoms. The van der Waals surface area contributed by atoms with E-state index in [1.807, 2.05) is 0 Å². The molecule has 0 radical (unpaired) electrons. The van der Waals surface area contributed by atoms with Crippen molar-refractivity contribution in [2.75, 3.05) is 4.90 Å². The van der Waals surface area contributed by atoms with Crippen molar-refractivity contribution >= 4 is 35.2 Å². The Hall–Kier alpha value is -3.33. The Morgan fingerprint density at radius 1 is 1.00 bits per heavy atom. The van der Waals surface area contributed by atoms with E-state index in [2.05, 4.69) is 0 Å². The van der Waals surface area contributed by atoms with E-state index < -0.39 is 53.6 Å². The summed E-state index contributed by atoms with van der Waals surface area (Å²) in [5.41, 5.74) is -0.826. The molecule has 0 aliphatic carbocycles. The van der Waals surface area contributed by atoms with Gasteiger partial charge in [-0.2, -0.15) is 0 Å². The third-order valence-electron chi connectivity index (χ3n) is 5.52. The van der Waals surface area contributed by atoms with Crippen LogP contribution in [0.4, 0.5) is 5.69 Å². The molecule has 2 bridgehead atoms. The first-order valence-electron chi connectivity index (χ1n) is 9.36. The normalized spacial score (nSPS) is 28.8. The summed E-state index contributed by atoms with van der Waals surface area (Å²) in [5, 5.41) is 0. The van der Waals surface area contributed by atoms with E-state index in [1.54, 1.807) is 6.08 Å². The van der Waals surface area contributed by atoms with Crippen LogP contribution < -0.4 is 4.90 Å². The number of fused-ring (bicyclic) bond motifs is 5. The lowest BCUT2D eigenvalue weighted by Gasteiger charge is -2.34. The van der Waals surface area contributed by atoms with Crippen molar-refractivity contribution < 1.29 is 38.2 Å². The molecule has 2 fully saturated rings. The van der Waals surface area contributed by atoms with Gasteiger partial charge in [0.2, 0.25) is 11.8 Å². The van der Waals surface area contributed by atoms with Gasteiger partial charge in [-0.15, -0.1) is 0 Å². The maximum Gasteiger partial charge on any atom is 0.305 e. The number of ether oxygens (including phenoxy) is 3. The Bertz CT molecular complexity index is 981. The van der Waals surface area contributed by atoms with Gasteiger partial charge in [-0.25, -0.2) is 4.90 Å². The summed E-state index contributed by atoms with van der Waals surface area (Å²) in [7, 11) is 0. The summed E-state index contributed by atoms with van der Waals surface area (Å²) in [6, 6.07) is 6.11. The highest BCUT2D eigenvalue weighted by Gasteiger charge is 2.72. The maximum absolute atomic E-state index is 13.3. The molecule has 2 amide bonds. The van der Waals surface area contributed by atoms with Gasteiger partial charge in [0, 0.05) is 19.4 Å². The Morgan fingerprint density at radius 3 is 2.13 bits per heavy atom. The lowest BCUT2D eigenvalue weighted by atomic mass is 9.76. The lowest BCUT2D eigenvalue weighted by Crippen LogP contribution is -2.52. The average Bonchev–Trinajstić information content (AvgIpc) is 3.32. The second-order valence-electron chi connectivity index (χ2n) is 7.46. The number of carbonyl (C=O) groups excluding carboxylic acids is 5. The van der Waals surface area contributed by atoms with E-state index in [1.165, 1.54) is 37.3 Å². The molecule has 156 valence electrons. The van der Waals surface area contributed by atoms with Gasteiger partial charge in [0.05, 0.1) is 23.6 Å². The number of esters is 2.